The van der Waals surface area contributed by atoms with E-state index in [1.807, 2.05) is 37.3 Å². The van der Waals surface area contributed by atoms with Crippen LogP contribution in [0.1, 0.15) is 14.7 Å². The van der Waals surface area contributed by atoms with Gasteiger partial charge in [-0.25, -0.2) is 9.78 Å². The topological polar surface area (TPSA) is 79.7 Å². The molecule has 1 fully saturated rings. The van der Waals surface area contributed by atoms with Gasteiger partial charge in [-0.05, 0) is 6.92 Å². The highest BCUT2D eigenvalue weighted by Gasteiger charge is 2.31. The van der Waals surface area contributed by atoms with Crippen LogP contribution in [0.3, 0.4) is 0 Å². The predicted molar refractivity (Wildman–Crippen MR) is 85.6 cm³/mol. The molecule has 1 aromatic heterocycles. The summed E-state index contributed by atoms with van der Waals surface area (Å²) in [6.07, 6.45) is -0.970. The van der Waals surface area contributed by atoms with Crippen molar-refractivity contribution in [3.8, 4) is 11.3 Å². The molecule has 2 heterocycles. The number of carboxylic acid groups (broad SMARTS) is 1. The Hall–Kier alpha value is -2.25. The smallest absolute Gasteiger partial charge is 0.334 e. The number of carboxylic acids is 1. The number of carbonyl (C=O) groups is 2. The molecule has 0 spiro atoms. The monoisotopic (exact) mass is 332 g/mol. The van der Waals surface area contributed by atoms with Gasteiger partial charge in [0.1, 0.15) is 4.88 Å². The Balaban J connectivity index is 1.90. The quantitative estimate of drug-likeness (QED) is 0.930. The van der Waals surface area contributed by atoms with Crippen molar-refractivity contribution in [2.75, 3.05) is 19.7 Å². The fourth-order valence-corrected chi connectivity index (χ4v) is 3.40. The van der Waals surface area contributed by atoms with Crippen molar-refractivity contribution in [1.29, 1.82) is 0 Å². The first-order chi connectivity index (χ1) is 11.1. The van der Waals surface area contributed by atoms with Gasteiger partial charge in [-0.15, -0.1) is 11.3 Å². The standard InChI is InChI=1S/C16H16N2O4S/c1-10-17-13(11-5-3-2-4-6-11)14(23-10)15(19)18-7-8-22-12(9-18)16(20)21/h2-6,12H,7-9H2,1H3,(H,20,21)/t12-/m0/s1. The number of hydrogen-bond acceptors (Lipinski definition) is 5. The summed E-state index contributed by atoms with van der Waals surface area (Å²) in [7, 11) is 0. The maximum Gasteiger partial charge on any atom is 0.334 e. The summed E-state index contributed by atoms with van der Waals surface area (Å²) < 4.78 is 5.17. The first-order valence-corrected chi connectivity index (χ1v) is 8.04. The predicted octanol–water partition coefficient (Wildman–Crippen LogP) is 2.04. The van der Waals surface area contributed by atoms with E-state index in [9.17, 15) is 9.59 Å². The highest BCUT2D eigenvalue weighted by atomic mass is 32.1. The summed E-state index contributed by atoms with van der Waals surface area (Å²) in [5.74, 6) is -1.24. The third-order valence-electron chi connectivity index (χ3n) is 3.60. The van der Waals surface area contributed by atoms with E-state index in [1.165, 1.54) is 16.2 Å². The Bertz CT molecular complexity index is 729. The van der Waals surface area contributed by atoms with Crippen molar-refractivity contribution >= 4 is 23.2 Å². The SMILES string of the molecule is Cc1nc(-c2ccccc2)c(C(=O)N2CCO[C@H](C(=O)O)C2)s1. The van der Waals surface area contributed by atoms with E-state index in [-0.39, 0.29) is 19.1 Å². The molecule has 1 aliphatic rings. The number of aryl methyl sites for hydroxylation is 1. The summed E-state index contributed by atoms with van der Waals surface area (Å²) in [6.45, 7) is 2.52. The Kier molecular flexibility index (Phi) is 4.40. The Morgan fingerprint density at radius 1 is 1.35 bits per heavy atom. The van der Waals surface area contributed by atoms with Gasteiger partial charge < -0.3 is 14.7 Å². The van der Waals surface area contributed by atoms with Crippen molar-refractivity contribution in [2.45, 2.75) is 13.0 Å². The zero-order valence-electron chi connectivity index (χ0n) is 12.6. The summed E-state index contributed by atoms with van der Waals surface area (Å²) >= 11 is 1.33. The van der Waals surface area contributed by atoms with Crippen LogP contribution in [-0.4, -0.2) is 52.7 Å². The fraction of sp³-hybridized carbons (Fsp3) is 0.312. The lowest BCUT2D eigenvalue weighted by atomic mass is 10.1. The molecule has 120 valence electrons. The van der Waals surface area contributed by atoms with Crippen LogP contribution >= 0.6 is 11.3 Å². The molecule has 3 rings (SSSR count). The van der Waals surface area contributed by atoms with Gasteiger partial charge in [0.25, 0.3) is 5.91 Å². The number of amides is 1. The Labute approximate surface area is 137 Å². The van der Waals surface area contributed by atoms with Crippen LogP contribution in [0, 0.1) is 6.92 Å². The number of carbonyl (C=O) groups excluding carboxylic acids is 1. The number of aliphatic carboxylic acids is 1. The number of ether oxygens (including phenoxy) is 1. The summed E-state index contributed by atoms with van der Waals surface area (Å²) in [5.41, 5.74) is 1.53. The van der Waals surface area contributed by atoms with E-state index >= 15 is 0 Å². The molecular weight excluding hydrogens is 316 g/mol. The second kappa shape index (κ2) is 6.47. The van der Waals surface area contributed by atoms with E-state index in [4.69, 9.17) is 9.84 Å². The molecule has 2 aromatic rings. The van der Waals surface area contributed by atoms with Gasteiger partial charge in [0.15, 0.2) is 6.10 Å². The van der Waals surface area contributed by atoms with Crippen LogP contribution in [0.5, 0.6) is 0 Å². The first kappa shape index (κ1) is 15.6. The molecule has 0 radical (unpaired) electrons. The van der Waals surface area contributed by atoms with Crippen LogP contribution in [0.2, 0.25) is 0 Å². The van der Waals surface area contributed by atoms with Crippen LogP contribution in [0.4, 0.5) is 0 Å². The van der Waals surface area contributed by atoms with Crippen molar-refractivity contribution in [2.24, 2.45) is 0 Å². The highest BCUT2D eigenvalue weighted by molar-refractivity contribution is 7.14. The number of aromatic nitrogens is 1. The van der Waals surface area contributed by atoms with Crippen molar-refractivity contribution in [3.05, 3.63) is 40.2 Å². The normalized spacial score (nSPS) is 18.0. The van der Waals surface area contributed by atoms with Crippen LogP contribution in [-0.2, 0) is 9.53 Å². The van der Waals surface area contributed by atoms with Gasteiger partial charge in [0, 0.05) is 12.1 Å². The molecule has 0 bridgehead atoms. The third-order valence-corrected chi connectivity index (χ3v) is 4.56. The summed E-state index contributed by atoms with van der Waals surface area (Å²) in [5, 5.41) is 9.87. The first-order valence-electron chi connectivity index (χ1n) is 7.23. The van der Waals surface area contributed by atoms with Crippen LogP contribution in [0.25, 0.3) is 11.3 Å². The molecule has 6 nitrogen and oxygen atoms in total. The van der Waals surface area contributed by atoms with E-state index in [0.29, 0.717) is 17.1 Å². The molecule has 0 aliphatic carbocycles. The van der Waals surface area contributed by atoms with Gasteiger partial charge in [-0.2, -0.15) is 0 Å². The maximum absolute atomic E-state index is 12.8. The van der Waals surface area contributed by atoms with Crippen molar-refractivity contribution in [3.63, 3.8) is 0 Å². The summed E-state index contributed by atoms with van der Waals surface area (Å²) in [4.78, 5) is 30.4. The number of nitrogens with zero attached hydrogens (tertiary/aromatic N) is 2. The minimum atomic E-state index is -1.05. The van der Waals surface area contributed by atoms with Gasteiger partial charge in [-0.3, -0.25) is 4.79 Å². The number of morpholine rings is 1. The van der Waals surface area contributed by atoms with Gasteiger partial charge in [-0.1, -0.05) is 30.3 Å². The number of benzene rings is 1. The second-order valence-electron chi connectivity index (χ2n) is 5.23. The largest absolute Gasteiger partial charge is 0.479 e. The maximum atomic E-state index is 12.8. The van der Waals surface area contributed by atoms with Crippen molar-refractivity contribution < 1.29 is 19.4 Å². The second-order valence-corrected chi connectivity index (χ2v) is 6.43. The lowest BCUT2D eigenvalue weighted by molar-refractivity contribution is -0.154. The molecule has 7 heteroatoms. The lowest BCUT2D eigenvalue weighted by Gasteiger charge is -2.30. The summed E-state index contributed by atoms with van der Waals surface area (Å²) in [6, 6.07) is 9.51. The molecule has 1 atom stereocenters. The molecule has 1 amide bonds. The zero-order chi connectivity index (χ0) is 16.4. The fourth-order valence-electron chi connectivity index (χ4n) is 2.49. The van der Waals surface area contributed by atoms with E-state index in [0.717, 1.165) is 10.6 Å². The molecule has 0 unspecified atom stereocenters. The number of thiazole rings is 1. The minimum Gasteiger partial charge on any atom is -0.479 e. The molecular formula is C16H16N2O4S. The van der Waals surface area contributed by atoms with Gasteiger partial charge in [0.05, 0.1) is 23.9 Å². The average molecular weight is 332 g/mol. The molecule has 23 heavy (non-hydrogen) atoms. The third kappa shape index (κ3) is 3.25. The number of hydrogen-bond donors (Lipinski definition) is 1. The van der Waals surface area contributed by atoms with E-state index in [1.54, 1.807) is 0 Å². The average Bonchev–Trinajstić information content (AvgIpc) is 2.97. The molecule has 1 saturated heterocycles. The number of rotatable bonds is 3. The zero-order valence-corrected chi connectivity index (χ0v) is 13.4. The Morgan fingerprint density at radius 2 is 2.09 bits per heavy atom. The van der Waals surface area contributed by atoms with E-state index in [2.05, 4.69) is 4.98 Å². The Morgan fingerprint density at radius 3 is 2.78 bits per heavy atom. The molecule has 1 N–H and O–H groups in total. The van der Waals surface area contributed by atoms with E-state index < -0.39 is 12.1 Å². The minimum absolute atomic E-state index is 0.0549. The van der Waals surface area contributed by atoms with Gasteiger partial charge in [0.2, 0.25) is 0 Å². The highest BCUT2D eigenvalue weighted by Crippen LogP contribution is 2.29. The van der Waals surface area contributed by atoms with Crippen LogP contribution < -0.4 is 0 Å². The van der Waals surface area contributed by atoms with Crippen molar-refractivity contribution in [1.82, 2.24) is 9.88 Å². The molecule has 0 saturated carbocycles. The molecule has 1 aliphatic heterocycles. The lowest BCUT2D eigenvalue weighted by Crippen LogP contribution is -2.48. The molecule has 1 aromatic carbocycles. The van der Waals surface area contributed by atoms with Gasteiger partial charge >= 0.3 is 5.97 Å². The van der Waals surface area contributed by atoms with Crippen LogP contribution in [0.15, 0.2) is 30.3 Å².